The average molecular weight is 415 g/mol. The van der Waals surface area contributed by atoms with E-state index in [1.54, 1.807) is 29.7 Å². The Morgan fingerprint density at radius 1 is 1.07 bits per heavy atom. The summed E-state index contributed by atoms with van der Waals surface area (Å²) in [6.45, 7) is 5.59. The van der Waals surface area contributed by atoms with Crippen LogP contribution in [0.3, 0.4) is 0 Å². The molecule has 2 heterocycles. The van der Waals surface area contributed by atoms with E-state index < -0.39 is 5.97 Å². The van der Waals surface area contributed by atoms with Crippen molar-refractivity contribution < 1.29 is 23.5 Å². The molecule has 1 amide bonds. The van der Waals surface area contributed by atoms with Crippen molar-refractivity contribution in [3.05, 3.63) is 54.1 Å². The van der Waals surface area contributed by atoms with E-state index in [1.165, 1.54) is 12.1 Å². The van der Waals surface area contributed by atoms with E-state index in [0.717, 1.165) is 11.2 Å². The highest BCUT2D eigenvalue weighted by atomic mass is 19.1. The topological polar surface area (TPSA) is 74.5 Å². The number of halogens is 1. The monoisotopic (exact) mass is 415 g/mol. The highest BCUT2D eigenvalue weighted by molar-refractivity contribution is 5.96. The molecule has 2 aromatic heterocycles. The lowest BCUT2D eigenvalue weighted by Gasteiger charge is -2.10. The number of hydrogen-bond acceptors (Lipinski definition) is 4. The van der Waals surface area contributed by atoms with Gasteiger partial charge in [0.05, 0.1) is 17.6 Å². The maximum Gasteiger partial charge on any atom is 0.355 e. The molecule has 0 atom stereocenters. The van der Waals surface area contributed by atoms with Gasteiger partial charge in [0.15, 0.2) is 0 Å². The second-order valence-electron chi connectivity index (χ2n) is 6.67. The van der Waals surface area contributed by atoms with Crippen LogP contribution < -0.4 is 5.32 Å². The molecule has 8 heteroatoms. The molecule has 0 radical (unpaired) electrons. The predicted molar refractivity (Wildman–Crippen MR) is 111 cm³/mol. The Hall–Kier alpha value is -3.13. The molecule has 0 unspecified atom stereocenters. The zero-order valence-electron chi connectivity index (χ0n) is 17.2. The van der Waals surface area contributed by atoms with Crippen LogP contribution in [0.2, 0.25) is 0 Å². The Morgan fingerprint density at radius 3 is 2.53 bits per heavy atom. The highest BCUT2D eigenvalue weighted by Gasteiger charge is 2.21. The third-order valence-electron chi connectivity index (χ3n) is 4.64. The van der Waals surface area contributed by atoms with Crippen molar-refractivity contribution in [2.24, 2.45) is 0 Å². The van der Waals surface area contributed by atoms with Crippen molar-refractivity contribution in [2.45, 2.75) is 26.8 Å². The van der Waals surface area contributed by atoms with Gasteiger partial charge in [-0.2, -0.15) is 0 Å². The van der Waals surface area contributed by atoms with Gasteiger partial charge in [-0.3, -0.25) is 4.79 Å². The van der Waals surface area contributed by atoms with Crippen LogP contribution in [0.15, 0.2) is 42.6 Å². The molecule has 3 aromatic rings. The minimum atomic E-state index is -0.497. The number of amides is 1. The van der Waals surface area contributed by atoms with Gasteiger partial charge in [0, 0.05) is 31.6 Å². The van der Waals surface area contributed by atoms with Gasteiger partial charge in [-0.25, -0.2) is 9.18 Å². The fourth-order valence-corrected chi connectivity index (χ4v) is 3.26. The number of ether oxygens (including phenoxy) is 2. The van der Waals surface area contributed by atoms with Crippen LogP contribution >= 0.6 is 0 Å². The van der Waals surface area contributed by atoms with Crippen molar-refractivity contribution in [3.63, 3.8) is 0 Å². The molecule has 0 bridgehead atoms. The summed E-state index contributed by atoms with van der Waals surface area (Å²) >= 11 is 0. The van der Waals surface area contributed by atoms with Crippen molar-refractivity contribution in [2.75, 3.05) is 26.4 Å². The van der Waals surface area contributed by atoms with Crippen LogP contribution in [0.1, 0.15) is 30.8 Å². The fraction of sp³-hybridized carbons (Fsp3) is 0.364. The SMILES string of the molecule is CCOCCCNC(=O)Cn1c(C(=O)OCC)cc2c1ccn2-c1ccc(F)cc1. The maximum atomic E-state index is 13.3. The molecular formula is C22H26FN3O4. The van der Waals surface area contributed by atoms with Gasteiger partial charge >= 0.3 is 5.97 Å². The van der Waals surface area contributed by atoms with E-state index >= 15 is 0 Å². The number of hydrogen-bond donors (Lipinski definition) is 1. The molecule has 0 saturated heterocycles. The van der Waals surface area contributed by atoms with Crippen LogP contribution in [0.25, 0.3) is 16.7 Å². The number of fused-ring (bicyclic) bond motifs is 1. The average Bonchev–Trinajstić information content (AvgIpc) is 3.29. The normalized spacial score (nSPS) is 11.0. The van der Waals surface area contributed by atoms with Gasteiger partial charge in [0.2, 0.25) is 5.91 Å². The first-order valence-electron chi connectivity index (χ1n) is 10.0. The van der Waals surface area contributed by atoms with E-state index in [1.807, 2.05) is 23.8 Å². The van der Waals surface area contributed by atoms with Gasteiger partial charge in [-0.05, 0) is 56.7 Å². The maximum absolute atomic E-state index is 13.3. The second-order valence-corrected chi connectivity index (χ2v) is 6.67. The molecular weight excluding hydrogens is 389 g/mol. The minimum absolute atomic E-state index is 0.0142. The summed E-state index contributed by atoms with van der Waals surface area (Å²) in [7, 11) is 0. The van der Waals surface area contributed by atoms with Gasteiger partial charge in [-0.1, -0.05) is 0 Å². The zero-order valence-corrected chi connectivity index (χ0v) is 17.2. The molecule has 0 aliphatic heterocycles. The summed E-state index contributed by atoms with van der Waals surface area (Å²) in [5.74, 6) is -1.03. The number of esters is 1. The number of carbonyl (C=O) groups is 2. The Bertz CT molecular complexity index is 1010. The standard InChI is InChI=1S/C22H26FN3O4/c1-3-29-13-5-11-24-21(27)15-26-18-10-12-25(17-8-6-16(23)7-9-17)19(18)14-20(26)22(28)30-4-2/h6-10,12,14H,3-5,11,13,15H2,1-2H3,(H,24,27). The lowest BCUT2D eigenvalue weighted by molar-refractivity contribution is -0.121. The fourth-order valence-electron chi connectivity index (χ4n) is 3.26. The van der Waals surface area contributed by atoms with E-state index in [2.05, 4.69) is 5.32 Å². The quantitative estimate of drug-likeness (QED) is 0.407. The van der Waals surface area contributed by atoms with Crippen LogP contribution in [0.4, 0.5) is 4.39 Å². The molecule has 160 valence electrons. The number of nitrogens with zero attached hydrogens (tertiary/aromatic N) is 2. The smallest absolute Gasteiger partial charge is 0.355 e. The largest absolute Gasteiger partial charge is 0.461 e. The first-order chi connectivity index (χ1) is 14.5. The molecule has 0 aliphatic carbocycles. The lowest BCUT2D eigenvalue weighted by atomic mass is 10.3. The van der Waals surface area contributed by atoms with E-state index in [4.69, 9.17) is 9.47 Å². The molecule has 3 rings (SSSR count). The molecule has 7 nitrogen and oxygen atoms in total. The molecule has 0 aliphatic rings. The van der Waals surface area contributed by atoms with Crippen LogP contribution in [-0.2, 0) is 20.8 Å². The van der Waals surface area contributed by atoms with Crippen molar-refractivity contribution in [3.8, 4) is 5.69 Å². The molecule has 30 heavy (non-hydrogen) atoms. The minimum Gasteiger partial charge on any atom is -0.461 e. The van der Waals surface area contributed by atoms with Crippen LogP contribution in [0, 0.1) is 5.82 Å². The van der Waals surface area contributed by atoms with Gasteiger partial charge in [-0.15, -0.1) is 0 Å². The summed E-state index contributed by atoms with van der Waals surface area (Å²) < 4.78 is 27.2. The van der Waals surface area contributed by atoms with Crippen molar-refractivity contribution in [1.29, 1.82) is 0 Å². The van der Waals surface area contributed by atoms with Gasteiger partial charge in [0.1, 0.15) is 18.1 Å². The highest BCUT2D eigenvalue weighted by Crippen LogP contribution is 2.25. The van der Waals surface area contributed by atoms with E-state index in [0.29, 0.717) is 37.4 Å². The zero-order chi connectivity index (χ0) is 21.5. The molecule has 0 spiro atoms. The summed E-state index contributed by atoms with van der Waals surface area (Å²) in [5.41, 5.74) is 2.49. The number of nitrogens with one attached hydrogen (secondary N) is 1. The number of rotatable bonds is 10. The second kappa shape index (κ2) is 10.1. The Kier molecular flexibility index (Phi) is 7.24. The van der Waals surface area contributed by atoms with Crippen molar-refractivity contribution >= 4 is 22.9 Å². The summed E-state index contributed by atoms with van der Waals surface area (Å²) in [6.07, 6.45) is 2.54. The number of carbonyl (C=O) groups excluding carboxylic acids is 2. The first-order valence-corrected chi connectivity index (χ1v) is 10.0. The lowest BCUT2D eigenvalue weighted by Crippen LogP contribution is -2.30. The van der Waals surface area contributed by atoms with Crippen LogP contribution in [0.5, 0.6) is 0 Å². The Morgan fingerprint density at radius 2 is 1.83 bits per heavy atom. The number of aromatic nitrogens is 2. The first kappa shape index (κ1) is 21.6. The Balaban J connectivity index is 1.87. The van der Waals surface area contributed by atoms with E-state index in [-0.39, 0.29) is 24.9 Å². The summed E-state index contributed by atoms with van der Waals surface area (Å²) in [6, 6.07) is 9.57. The summed E-state index contributed by atoms with van der Waals surface area (Å²) in [4.78, 5) is 24.9. The van der Waals surface area contributed by atoms with Gasteiger partial charge < -0.3 is 23.9 Å². The third kappa shape index (κ3) is 4.88. The Labute approximate surface area is 174 Å². The molecule has 1 aromatic carbocycles. The van der Waals surface area contributed by atoms with Crippen molar-refractivity contribution in [1.82, 2.24) is 14.5 Å². The number of benzene rings is 1. The molecule has 0 saturated carbocycles. The van der Waals surface area contributed by atoms with Gasteiger partial charge in [0.25, 0.3) is 0 Å². The molecule has 1 N–H and O–H groups in total. The summed E-state index contributed by atoms with van der Waals surface area (Å²) in [5, 5.41) is 2.85. The predicted octanol–water partition coefficient (Wildman–Crippen LogP) is 3.29. The van der Waals surface area contributed by atoms with E-state index in [9.17, 15) is 14.0 Å². The van der Waals surface area contributed by atoms with Crippen LogP contribution in [-0.4, -0.2) is 47.4 Å². The third-order valence-corrected chi connectivity index (χ3v) is 4.64. The molecule has 0 fully saturated rings.